The Morgan fingerprint density at radius 2 is 2.04 bits per heavy atom. The van der Waals surface area contributed by atoms with E-state index in [0.29, 0.717) is 19.8 Å². The molecule has 23 heavy (non-hydrogen) atoms. The zero-order valence-electron chi connectivity index (χ0n) is 12.5. The summed E-state index contributed by atoms with van der Waals surface area (Å²) >= 11 is 0. The average molecular weight is 345 g/mol. The van der Waals surface area contributed by atoms with Gasteiger partial charge in [0.05, 0.1) is 4.90 Å². The van der Waals surface area contributed by atoms with E-state index in [-0.39, 0.29) is 18.9 Å². The summed E-state index contributed by atoms with van der Waals surface area (Å²) in [6.07, 6.45) is 1.42. The first kappa shape index (κ1) is 16.3. The molecule has 8 heteroatoms. The van der Waals surface area contributed by atoms with Gasteiger partial charge in [-0.1, -0.05) is 18.2 Å². The third-order valence-electron chi connectivity index (χ3n) is 4.73. The van der Waals surface area contributed by atoms with Gasteiger partial charge in [-0.3, -0.25) is 4.79 Å². The second-order valence-corrected chi connectivity index (χ2v) is 8.07. The number of aliphatic carboxylic acids is 1. The van der Waals surface area contributed by atoms with Crippen LogP contribution in [0.3, 0.4) is 0 Å². The maximum atomic E-state index is 13.8. The minimum atomic E-state index is -4.31. The molecule has 1 saturated carbocycles. The predicted octanol–water partition coefficient (Wildman–Crippen LogP) is 2.43. The topological polar surface area (TPSA) is 74.7 Å². The van der Waals surface area contributed by atoms with Crippen LogP contribution >= 0.6 is 0 Å². The van der Waals surface area contributed by atoms with Gasteiger partial charge in [0.25, 0.3) is 5.92 Å². The second-order valence-electron chi connectivity index (χ2n) is 6.23. The second kappa shape index (κ2) is 4.98. The van der Waals surface area contributed by atoms with Crippen molar-refractivity contribution in [2.45, 2.75) is 42.5 Å². The quantitative estimate of drug-likeness (QED) is 0.909. The summed E-state index contributed by atoms with van der Waals surface area (Å²) in [5.74, 6) is -4.77. The van der Waals surface area contributed by atoms with Crippen LogP contribution in [-0.4, -0.2) is 35.9 Å². The molecule has 0 bridgehead atoms. The molecule has 2 aliphatic rings. The van der Waals surface area contributed by atoms with Gasteiger partial charge in [-0.25, -0.2) is 17.2 Å². The van der Waals surface area contributed by atoms with Crippen LogP contribution in [0.25, 0.3) is 0 Å². The Balaban J connectivity index is 2.12. The summed E-state index contributed by atoms with van der Waals surface area (Å²) in [5, 5.41) is 9.49. The minimum Gasteiger partial charge on any atom is -0.480 e. The molecule has 0 spiro atoms. The Morgan fingerprint density at radius 1 is 1.39 bits per heavy atom. The number of fused-ring (bicyclic) bond motifs is 1. The Kier molecular flexibility index (Phi) is 3.53. The van der Waals surface area contributed by atoms with Gasteiger partial charge in [-0.2, -0.15) is 4.31 Å². The summed E-state index contributed by atoms with van der Waals surface area (Å²) in [7, 11) is -4.31. The van der Waals surface area contributed by atoms with Gasteiger partial charge in [-0.15, -0.1) is 0 Å². The fraction of sp³-hybridized carbons (Fsp3) is 0.533. The molecule has 2 fully saturated rings. The van der Waals surface area contributed by atoms with Gasteiger partial charge in [0.1, 0.15) is 5.54 Å². The van der Waals surface area contributed by atoms with Crippen LogP contribution in [-0.2, 0) is 20.7 Å². The van der Waals surface area contributed by atoms with Crippen LogP contribution in [0.2, 0.25) is 0 Å². The highest BCUT2D eigenvalue weighted by molar-refractivity contribution is 7.89. The van der Waals surface area contributed by atoms with Crippen LogP contribution in [0.4, 0.5) is 8.78 Å². The SMILES string of the molecule is CC(F)(F)c1ccccc1S(=O)(=O)N1CCC[C@@H]2C[C@@]21C(=O)O. The van der Waals surface area contributed by atoms with Crippen molar-refractivity contribution < 1.29 is 27.1 Å². The van der Waals surface area contributed by atoms with E-state index in [2.05, 4.69) is 0 Å². The molecule has 0 radical (unpaired) electrons. The van der Waals surface area contributed by atoms with E-state index in [0.717, 1.165) is 16.4 Å². The number of alkyl halides is 2. The molecule has 126 valence electrons. The van der Waals surface area contributed by atoms with Crippen LogP contribution in [0.5, 0.6) is 0 Å². The lowest BCUT2D eigenvalue weighted by atomic mass is 10.1. The molecule has 1 aliphatic carbocycles. The number of sulfonamides is 1. The zero-order chi connectivity index (χ0) is 17.0. The Hall–Kier alpha value is -1.54. The Morgan fingerprint density at radius 3 is 2.65 bits per heavy atom. The van der Waals surface area contributed by atoms with E-state index in [1.165, 1.54) is 12.1 Å². The lowest BCUT2D eigenvalue weighted by Gasteiger charge is -2.33. The molecule has 2 atom stereocenters. The van der Waals surface area contributed by atoms with Gasteiger partial charge in [-0.05, 0) is 31.2 Å². The summed E-state index contributed by atoms with van der Waals surface area (Å²) in [4.78, 5) is 11.1. The number of carbonyl (C=O) groups is 1. The molecule has 1 aromatic carbocycles. The standard InChI is InChI=1S/C15H17F2NO4S/c1-14(16,17)11-6-2-3-7-12(11)23(21,22)18-8-4-5-10-9-15(10,18)13(19)20/h2-3,6-7,10H,4-5,8-9H2,1H3,(H,19,20)/t10-,15+/m1/s1. The molecule has 1 saturated heterocycles. The van der Waals surface area contributed by atoms with Gasteiger partial charge in [0, 0.05) is 19.0 Å². The third-order valence-corrected chi connectivity index (χ3v) is 6.73. The largest absolute Gasteiger partial charge is 0.480 e. The van der Waals surface area contributed by atoms with Gasteiger partial charge in [0.2, 0.25) is 10.0 Å². The smallest absolute Gasteiger partial charge is 0.325 e. The Labute approximate surface area is 133 Å². The zero-order valence-corrected chi connectivity index (χ0v) is 13.3. The van der Waals surface area contributed by atoms with Gasteiger partial charge >= 0.3 is 5.97 Å². The monoisotopic (exact) mass is 345 g/mol. The van der Waals surface area contributed by atoms with Crippen molar-refractivity contribution in [2.75, 3.05) is 6.54 Å². The molecule has 1 aromatic rings. The van der Waals surface area contributed by atoms with Crippen molar-refractivity contribution >= 4 is 16.0 Å². The third kappa shape index (κ3) is 2.35. The van der Waals surface area contributed by atoms with Crippen molar-refractivity contribution in [3.63, 3.8) is 0 Å². The molecule has 1 N–H and O–H groups in total. The van der Waals surface area contributed by atoms with Crippen molar-refractivity contribution in [1.82, 2.24) is 4.31 Å². The molecule has 1 aliphatic heterocycles. The highest BCUT2D eigenvalue weighted by atomic mass is 32.2. The minimum absolute atomic E-state index is 0.0365. The molecule has 0 unspecified atom stereocenters. The molecule has 5 nitrogen and oxygen atoms in total. The number of carboxylic acid groups (broad SMARTS) is 1. The molecule has 0 amide bonds. The summed E-state index contributed by atoms with van der Waals surface area (Å²) in [6.45, 7) is 0.666. The van der Waals surface area contributed by atoms with Crippen molar-refractivity contribution in [1.29, 1.82) is 0 Å². The van der Waals surface area contributed by atoms with E-state index in [9.17, 15) is 27.1 Å². The predicted molar refractivity (Wildman–Crippen MR) is 77.6 cm³/mol. The number of hydrogen-bond donors (Lipinski definition) is 1. The van der Waals surface area contributed by atoms with E-state index >= 15 is 0 Å². The lowest BCUT2D eigenvalue weighted by molar-refractivity contribution is -0.144. The number of hydrogen-bond acceptors (Lipinski definition) is 3. The van der Waals surface area contributed by atoms with Crippen LogP contribution in [0.15, 0.2) is 29.2 Å². The van der Waals surface area contributed by atoms with Crippen LogP contribution in [0.1, 0.15) is 31.7 Å². The number of nitrogens with zero attached hydrogens (tertiary/aromatic N) is 1. The first-order valence-electron chi connectivity index (χ1n) is 7.35. The highest BCUT2D eigenvalue weighted by Crippen LogP contribution is 2.56. The van der Waals surface area contributed by atoms with E-state index in [1.807, 2.05) is 0 Å². The number of halogens is 2. The summed E-state index contributed by atoms with van der Waals surface area (Å²) in [5.41, 5.74) is -2.07. The fourth-order valence-electron chi connectivity index (χ4n) is 3.52. The fourth-order valence-corrected chi connectivity index (χ4v) is 5.63. The van der Waals surface area contributed by atoms with E-state index < -0.39 is 37.9 Å². The maximum absolute atomic E-state index is 13.8. The number of rotatable bonds is 4. The van der Waals surface area contributed by atoms with Gasteiger partial charge in [0.15, 0.2) is 0 Å². The molecular weight excluding hydrogens is 328 g/mol. The highest BCUT2D eigenvalue weighted by Gasteiger charge is 2.68. The molecule has 0 aromatic heterocycles. The average Bonchev–Trinajstić information content (AvgIpc) is 3.22. The molecule has 3 rings (SSSR count). The van der Waals surface area contributed by atoms with Crippen molar-refractivity contribution in [3.8, 4) is 0 Å². The normalized spacial score (nSPS) is 28.2. The maximum Gasteiger partial charge on any atom is 0.325 e. The number of piperidine rings is 1. The first-order valence-corrected chi connectivity index (χ1v) is 8.79. The van der Waals surface area contributed by atoms with Crippen molar-refractivity contribution in [3.05, 3.63) is 29.8 Å². The summed E-state index contributed by atoms with van der Waals surface area (Å²) < 4.78 is 54.3. The lowest BCUT2D eigenvalue weighted by Crippen LogP contribution is -2.51. The van der Waals surface area contributed by atoms with Crippen LogP contribution in [0, 0.1) is 5.92 Å². The van der Waals surface area contributed by atoms with Crippen molar-refractivity contribution in [2.24, 2.45) is 5.92 Å². The van der Waals surface area contributed by atoms with E-state index in [1.54, 1.807) is 0 Å². The first-order chi connectivity index (χ1) is 10.6. The molecular formula is C15H17F2NO4S. The van der Waals surface area contributed by atoms with Crippen LogP contribution < -0.4 is 0 Å². The number of benzene rings is 1. The Bertz CT molecular complexity index is 759. The van der Waals surface area contributed by atoms with Gasteiger partial charge < -0.3 is 5.11 Å². The van der Waals surface area contributed by atoms with E-state index in [4.69, 9.17) is 0 Å². The number of carboxylic acids is 1. The molecule has 1 heterocycles. The summed E-state index contributed by atoms with van der Waals surface area (Å²) in [6, 6.07) is 4.89.